The van der Waals surface area contributed by atoms with Gasteiger partial charge in [0.1, 0.15) is 23.9 Å². The second kappa shape index (κ2) is 15.8. The van der Waals surface area contributed by atoms with Gasteiger partial charge in [-0.25, -0.2) is 4.79 Å². The molecule has 0 aromatic heterocycles. The predicted octanol–water partition coefficient (Wildman–Crippen LogP) is -2.61. The summed E-state index contributed by atoms with van der Waals surface area (Å²) in [6, 6.07) is 0.911. The number of aromatic hydroxyl groups is 1. The molecule has 0 bridgehead atoms. The maximum absolute atomic E-state index is 13.2. The van der Waals surface area contributed by atoms with E-state index in [-0.39, 0.29) is 37.5 Å². The van der Waals surface area contributed by atoms with E-state index in [2.05, 4.69) is 20.9 Å². The number of carbonyl (C=O) groups excluding carboxylic acids is 4. The predicted molar refractivity (Wildman–Crippen MR) is 142 cm³/mol. The molecule has 0 aliphatic rings. The summed E-state index contributed by atoms with van der Waals surface area (Å²) in [6.07, 6.45) is -0.209. The zero-order valence-electron chi connectivity index (χ0n) is 21.9. The summed E-state index contributed by atoms with van der Waals surface area (Å²) in [7, 11) is 0. The van der Waals surface area contributed by atoms with Gasteiger partial charge < -0.3 is 49.1 Å². The van der Waals surface area contributed by atoms with Crippen LogP contribution in [-0.4, -0.2) is 76.5 Å². The van der Waals surface area contributed by atoms with E-state index in [0.29, 0.717) is 5.56 Å². The number of nitrogens with one attached hydrogen (secondary N) is 3. The number of aliphatic imine (C=N–C) groups is 1. The fourth-order valence-corrected chi connectivity index (χ4v) is 3.48. The average molecular weight is 551 g/mol. The number of carbonyl (C=O) groups is 5. The van der Waals surface area contributed by atoms with Gasteiger partial charge in [0.15, 0.2) is 5.96 Å². The first-order valence-electron chi connectivity index (χ1n) is 12.2. The molecule has 0 radical (unpaired) electrons. The highest BCUT2D eigenvalue weighted by molar-refractivity contribution is 5.95. The summed E-state index contributed by atoms with van der Waals surface area (Å²) in [5.41, 5.74) is 21.8. The second-order valence-corrected chi connectivity index (χ2v) is 9.29. The van der Waals surface area contributed by atoms with Crippen LogP contribution in [0.25, 0.3) is 0 Å². The molecule has 4 unspecified atom stereocenters. The lowest BCUT2D eigenvalue weighted by Crippen LogP contribution is -2.59. The van der Waals surface area contributed by atoms with Gasteiger partial charge >= 0.3 is 5.97 Å². The second-order valence-electron chi connectivity index (χ2n) is 9.29. The summed E-state index contributed by atoms with van der Waals surface area (Å²) in [4.78, 5) is 65.4. The Kier molecular flexibility index (Phi) is 13.2. The SMILES string of the molecule is CC(C)C(NC(=O)C(N)CC(N)=O)C(=O)NC(Cc1ccc(O)cc1)C(=O)NC(CCCN=C(N)N)C(=O)O. The third-order valence-corrected chi connectivity index (χ3v) is 5.57. The van der Waals surface area contributed by atoms with Gasteiger partial charge in [0.2, 0.25) is 23.6 Å². The van der Waals surface area contributed by atoms with E-state index >= 15 is 0 Å². The Balaban J connectivity index is 3.11. The number of nitrogens with two attached hydrogens (primary N) is 4. The van der Waals surface area contributed by atoms with E-state index in [4.69, 9.17) is 22.9 Å². The fraction of sp³-hybridized carbons (Fsp3) is 0.500. The van der Waals surface area contributed by atoms with Crippen LogP contribution >= 0.6 is 0 Å². The molecule has 0 heterocycles. The van der Waals surface area contributed by atoms with E-state index in [9.17, 15) is 34.2 Å². The Morgan fingerprint density at radius 3 is 2.00 bits per heavy atom. The number of carboxylic acid groups (broad SMARTS) is 1. The van der Waals surface area contributed by atoms with Crippen LogP contribution in [0.15, 0.2) is 29.3 Å². The minimum atomic E-state index is -1.29. The Morgan fingerprint density at radius 1 is 0.897 bits per heavy atom. The van der Waals surface area contributed by atoms with Crippen molar-refractivity contribution >= 4 is 35.6 Å². The lowest BCUT2D eigenvalue weighted by atomic mass is 10.00. The zero-order valence-corrected chi connectivity index (χ0v) is 21.9. The maximum Gasteiger partial charge on any atom is 0.326 e. The topological polar surface area (TPSA) is 278 Å². The highest BCUT2D eigenvalue weighted by Crippen LogP contribution is 2.13. The van der Waals surface area contributed by atoms with Crippen molar-refractivity contribution in [2.75, 3.05) is 6.54 Å². The van der Waals surface area contributed by atoms with Crippen LogP contribution in [0.5, 0.6) is 5.75 Å². The fourth-order valence-electron chi connectivity index (χ4n) is 3.48. The smallest absolute Gasteiger partial charge is 0.326 e. The average Bonchev–Trinajstić information content (AvgIpc) is 2.83. The molecular weight excluding hydrogens is 512 g/mol. The van der Waals surface area contributed by atoms with Crippen LogP contribution in [-0.2, 0) is 30.4 Å². The lowest BCUT2D eigenvalue weighted by molar-refractivity contribution is -0.142. The van der Waals surface area contributed by atoms with E-state index in [1.807, 2.05) is 0 Å². The number of guanidine groups is 1. The first-order chi connectivity index (χ1) is 18.2. The number of hydrogen-bond acceptors (Lipinski definition) is 8. The maximum atomic E-state index is 13.2. The van der Waals surface area contributed by atoms with E-state index < -0.39 is 66.1 Å². The van der Waals surface area contributed by atoms with Gasteiger partial charge in [-0.3, -0.25) is 24.2 Å². The monoisotopic (exact) mass is 550 g/mol. The number of phenolic OH excluding ortho intramolecular Hbond substituents is 1. The number of hydrogen-bond donors (Lipinski definition) is 9. The molecule has 13 N–H and O–H groups in total. The van der Waals surface area contributed by atoms with Crippen LogP contribution in [0.2, 0.25) is 0 Å². The molecule has 1 aromatic rings. The minimum Gasteiger partial charge on any atom is -0.508 e. The molecule has 0 aliphatic carbocycles. The summed E-state index contributed by atoms with van der Waals surface area (Å²) < 4.78 is 0. The molecule has 0 saturated carbocycles. The van der Waals surface area contributed by atoms with E-state index in [1.165, 1.54) is 24.3 Å². The normalized spacial score (nSPS) is 13.8. The third kappa shape index (κ3) is 12.1. The first kappa shape index (κ1) is 32.6. The number of nitrogens with zero attached hydrogens (tertiary/aromatic N) is 1. The summed E-state index contributed by atoms with van der Waals surface area (Å²) >= 11 is 0. The highest BCUT2D eigenvalue weighted by Gasteiger charge is 2.32. The summed E-state index contributed by atoms with van der Waals surface area (Å²) in [5, 5.41) is 26.6. The molecule has 0 saturated heterocycles. The number of carboxylic acids is 1. The van der Waals surface area contributed by atoms with E-state index in [0.717, 1.165) is 0 Å². The Labute approximate surface area is 225 Å². The van der Waals surface area contributed by atoms with Crippen LogP contribution in [0.1, 0.15) is 38.7 Å². The number of phenols is 1. The molecule has 15 heteroatoms. The zero-order chi connectivity index (χ0) is 29.7. The molecule has 4 atom stereocenters. The van der Waals surface area contributed by atoms with Crippen molar-refractivity contribution in [2.24, 2.45) is 33.8 Å². The summed E-state index contributed by atoms with van der Waals surface area (Å²) in [5.74, 6) is -4.99. The summed E-state index contributed by atoms with van der Waals surface area (Å²) in [6.45, 7) is 3.45. The van der Waals surface area contributed by atoms with Gasteiger partial charge in [-0.1, -0.05) is 26.0 Å². The van der Waals surface area contributed by atoms with Crippen LogP contribution < -0.4 is 38.9 Å². The van der Waals surface area contributed by atoms with Crippen molar-refractivity contribution in [1.82, 2.24) is 16.0 Å². The molecule has 15 nitrogen and oxygen atoms in total. The van der Waals surface area contributed by atoms with Gasteiger partial charge in [0.25, 0.3) is 0 Å². The number of rotatable bonds is 16. The Hall–Kier alpha value is -4.40. The quantitative estimate of drug-likeness (QED) is 0.0587. The van der Waals surface area contributed by atoms with Gasteiger partial charge in [0.05, 0.1) is 12.5 Å². The number of aliphatic carboxylic acids is 1. The van der Waals surface area contributed by atoms with Gasteiger partial charge in [-0.2, -0.15) is 0 Å². The molecule has 0 fully saturated rings. The van der Waals surface area contributed by atoms with Gasteiger partial charge in [0, 0.05) is 13.0 Å². The van der Waals surface area contributed by atoms with E-state index in [1.54, 1.807) is 13.8 Å². The lowest BCUT2D eigenvalue weighted by Gasteiger charge is -2.27. The molecule has 1 rings (SSSR count). The largest absolute Gasteiger partial charge is 0.508 e. The standard InChI is InChI=1S/C24H38N8O7/c1-12(2)19(32-20(35)15(25)11-18(26)34)22(37)31-17(10-13-5-7-14(33)8-6-13)21(36)30-16(23(38)39)4-3-9-29-24(27)28/h5-8,12,15-17,19,33H,3-4,9-11,25H2,1-2H3,(H2,26,34)(H,30,36)(H,31,37)(H,32,35)(H,38,39)(H4,27,28,29). The molecule has 1 aromatic carbocycles. The molecule has 4 amide bonds. The molecular formula is C24H38N8O7. The third-order valence-electron chi connectivity index (χ3n) is 5.57. The highest BCUT2D eigenvalue weighted by atomic mass is 16.4. The molecule has 39 heavy (non-hydrogen) atoms. The Bertz CT molecular complexity index is 1040. The number of primary amides is 1. The van der Waals surface area contributed by atoms with Crippen molar-refractivity contribution in [3.05, 3.63) is 29.8 Å². The minimum absolute atomic E-state index is 0.00890. The van der Waals surface area contributed by atoms with Crippen molar-refractivity contribution in [3.63, 3.8) is 0 Å². The molecule has 0 spiro atoms. The molecule has 216 valence electrons. The van der Waals surface area contributed by atoms with Crippen molar-refractivity contribution in [1.29, 1.82) is 0 Å². The van der Waals surface area contributed by atoms with Crippen LogP contribution in [0.3, 0.4) is 0 Å². The van der Waals surface area contributed by atoms with Crippen LogP contribution in [0, 0.1) is 5.92 Å². The van der Waals surface area contributed by atoms with Crippen LogP contribution in [0.4, 0.5) is 0 Å². The van der Waals surface area contributed by atoms with Crippen molar-refractivity contribution in [2.45, 2.75) is 63.7 Å². The first-order valence-corrected chi connectivity index (χ1v) is 12.2. The van der Waals surface area contributed by atoms with Gasteiger partial charge in [-0.05, 0) is 36.5 Å². The van der Waals surface area contributed by atoms with Crippen molar-refractivity contribution < 1.29 is 34.2 Å². The molecule has 0 aliphatic heterocycles. The van der Waals surface area contributed by atoms with Gasteiger partial charge in [-0.15, -0.1) is 0 Å². The number of benzene rings is 1. The van der Waals surface area contributed by atoms with Crippen molar-refractivity contribution in [3.8, 4) is 5.75 Å². The number of amides is 4. The Morgan fingerprint density at radius 2 is 1.49 bits per heavy atom.